The van der Waals surface area contributed by atoms with Crippen LogP contribution in [0.2, 0.25) is 0 Å². The number of nitrogens with two attached hydrogens (primary N) is 2. The first kappa shape index (κ1) is 18.8. The lowest BCUT2D eigenvalue weighted by Gasteiger charge is -2.09. The van der Waals surface area contributed by atoms with Crippen LogP contribution < -0.4 is 11.5 Å². The Morgan fingerprint density at radius 3 is 1.50 bits per heavy atom. The van der Waals surface area contributed by atoms with E-state index in [9.17, 15) is 8.42 Å². The van der Waals surface area contributed by atoms with E-state index in [2.05, 4.69) is 0 Å². The summed E-state index contributed by atoms with van der Waals surface area (Å²) in [7, 11) is 3.26. The highest BCUT2D eigenvalue weighted by atomic mass is 33.1. The van der Waals surface area contributed by atoms with E-state index in [1.54, 1.807) is 21.6 Å². The molecule has 10 heteroatoms. The predicted molar refractivity (Wildman–Crippen MR) is 81.4 cm³/mol. The molecule has 2 unspecified atom stereocenters. The van der Waals surface area contributed by atoms with Crippen molar-refractivity contribution in [1.29, 1.82) is 0 Å². The van der Waals surface area contributed by atoms with Crippen molar-refractivity contribution in [2.75, 3.05) is 23.0 Å². The molecule has 0 bridgehead atoms. The van der Waals surface area contributed by atoms with E-state index >= 15 is 0 Å². The molecule has 0 spiro atoms. The summed E-state index contributed by atoms with van der Waals surface area (Å²) >= 11 is -3.65. The third kappa shape index (κ3) is 13.3. The van der Waals surface area contributed by atoms with E-state index in [1.807, 2.05) is 0 Å². The van der Waals surface area contributed by atoms with Gasteiger partial charge in [-0.1, -0.05) is 21.6 Å². The topological polar surface area (TPSA) is 127 Å². The molecule has 0 aromatic heterocycles. The van der Waals surface area contributed by atoms with Gasteiger partial charge in [0.05, 0.1) is 11.5 Å². The summed E-state index contributed by atoms with van der Waals surface area (Å²) in [6.07, 6.45) is 1.38. The van der Waals surface area contributed by atoms with Gasteiger partial charge >= 0.3 is 0 Å². The first-order valence-electron chi connectivity index (χ1n) is 5.32. The van der Waals surface area contributed by atoms with Crippen molar-refractivity contribution < 1.29 is 17.5 Å². The average Bonchev–Trinajstić information content (AvgIpc) is 2.20. The highest BCUT2D eigenvalue weighted by Gasteiger charge is 2.07. The Balaban J connectivity index is 3.35. The second-order valence-electron chi connectivity index (χ2n) is 3.72. The molecule has 0 fully saturated rings. The van der Waals surface area contributed by atoms with Crippen LogP contribution in [0.15, 0.2) is 0 Å². The molecule has 6 nitrogen and oxygen atoms in total. The highest BCUT2D eigenvalue weighted by molar-refractivity contribution is 8.76. The molecule has 4 atom stereocenters. The third-order valence-electron chi connectivity index (χ3n) is 1.94. The molecule has 0 aliphatic rings. The zero-order chi connectivity index (χ0) is 14.0. The zero-order valence-corrected chi connectivity index (χ0v) is 13.2. The minimum Gasteiger partial charge on any atom is -0.327 e. The second-order valence-corrected chi connectivity index (χ2v) is 8.37. The minimum atomic E-state index is -1.83. The molecule has 0 aromatic carbocycles. The van der Waals surface area contributed by atoms with Crippen molar-refractivity contribution in [3.05, 3.63) is 0 Å². The molecule has 18 heavy (non-hydrogen) atoms. The minimum absolute atomic E-state index is 0.110. The molecule has 0 aliphatic heterocycles. The molecular weight excluding hydrogens is 316 g/mol. The van der Waals surface area contributed by atoms with Gasteiger partial charge in [0.25, 0.3) is 0 Å². The van der Waals surface area contributed by atoms with Gasteiger partial charge in [-0.2, -0.15) is 0 Å². The van der Waals surface area contributed by atoms with Crippen LogP contribution in [0.5, 0.6) is 0 Å². The van der Waals surface area contributed by atoms with Gasteiger partial charge in [0, 0.05) is 23.6 Å². The largest absolute Gasteiger partial charge is 0.327 e. The molecule has 0 rings (SSSR count). The Morgan fingerprint density at radius 2 is 1.22 bits per heavy atom. The van der Waals surface area contributed by atoms with E-state index in [0.717, 1.165) is 11.5 Å². The predicted octanol–water partition coefficient (Wildman–Crippen LogP) is 0.246. The molecule has 6 N–H and O–H groups in total. The lowest BCUT2D eigenvalue weighted by atomic mass is 10.3. The first-order chi connectivity index (χ1) is 8.41. The van der Waals surface area contributed by atoms with Gasteiger partial charge in [-0.05, 0) is 12.8 Å². The number of rotatable bonds is 11. The molecule has 0 aromatic rings. The van der Waals surface area contributed by atoms with Crippen LogP contribution in [0.25, 0.3) is 0 Å². The average molecular weight is 337 g/mol. The van der Waals surface area contributed by atoms with Crippen molar-refractivity contribution in [3.8, 4) is 0 Å². The molecular formula is C8H20N2O4S4. The summed E-state index contributed by atoms with van der Waals surface area (Å²) in [4.78, 5) is 0. The maximum Gasteiger partial charge on any atom is 0.154 e. The maximum absolute atomic E-state index is 10.5. The molecule has 0 heterocycles. The monoisotopic (exact) mass is 336 g/mol. The quantitative estimate of drug-likeness (QED) is 0.240. The van der Waals surface area contributed by atoms with Gasteiger partial charge in [0.1, 0.15) is 0 Å². The van der Waals surface area contributed by atoms with Crippen molar-refractivity contribution in [2.24, 2.45) is 11.5 Å². The van der Waals surface area contributed by atoms with Gasteiger partial charge in [0.2, 0.25) is 0 Å². The highest BCUT2D eigenvalue weighted by Crippen LogP contribution is 2.23. The zero-order valence-electron chi connectivity index (χ0n) is 9.90. The van der Waals surface area contributed by atoms with E-state index in [-0.39, 0.29) is 23.6 Å². The van der Waals surface area contributed by atoms with Crippen molar-refractivity contribution in [1.82, 2.24) is 0 Å². The van der Waals surface area contributed by atoms with Crippen LogP contribution in [0.3, 0.4) is 0 Å². The van der Waals surface area contributed by atoms with Crippen LogP contribution in [-0.2, 0) is 22.2 Å². The molecule has 0 amide bonds. The molecule has 0 aliphatic carbocycles. The van der Waals surface area contributed by atoms with Gasteiger partial charge < -0.3 is 20.6 Å². The Hall–Kier alpha value is 0.840. The van der Waals surface area contributed by atoms with E-state index in [0.29, 0.717) is 12.8 Å². The fourth-order valence-corrected chi connectivity index (χ4v) is 4.43. The normalized spacial score (nSPS) is 18.2. The Kier molecular flexibility index (Phi) is 12.2. The van der Waals surface area contributed by atoms with Crippen molar-refractivity contribution in [2.45, 2.75) is 24.9 Å². The fourth-order valence-electron chi connectivity index (χ4n) is 1.05. The molecule has 0 radical (unpaired) electrons. The van der Waals surface area contributed by atoms with Crippen LogP contribution >= 0.6 is 21.6 Å². The molecule has 0 saturated heterocycles. The Bertz CT molecular complexity index is 243. The smallest absolute Gasteiger partial charge is 0.154 e. The van der Waals surface area contributed by atoms with Crippen LogP contribution in [0.4, 0.5) is 0 Å². The van der Waals surface area contributed by atoms with Crippen LogP contribution in [0.1, 0.15) is 12.8 Å². The van der Waals surface area contributed by atoms with E-state index in [1.165, 1.54) is 0 Å². The second kappa shape index (κ2) is 11.6. The third-order valence-corrected chi connectivity index (χ3v) is 5.84. The van der Waals surface area contributed by atoms with Crippen LogP contribution in [-0.4, -0.2) is 52.6 Å². The Morgan fingerprint density at radius 1 is 0.889 bits per heavy atom. The fraction of sp³-hybridized carbons (Fsp3) is 1.00. The summed E-state index contributed by atoms with van der Waals surface area (Å²) < 4.78 is 38.2. The first-order valence-corrected chi connectivity index (χ1v) is 10.4. The Labute approximate surface area is 120 Å². The SMILES string of the molecule is N[C@H](CCSSCC[C@@H](N)CS(=O)O)CS(=O)O. The van der Waals surface area contributed by atoms with Gasteiger partial charge in [-0.25, -0.2) is 8.42 Å². The van der Waals surface area contributed by atoms with Crippen molar-refractivity contribution in [3.63, 3.8) is 0 Å². The summed E-state index contributed by atoms with van der Waals surface area (Å²) in [6.45, 7) is 0. The van der Waals surface area contributed by atoms with Crippen molar-refractivity contribution >= 4 is 43.7 Å². The summed E-state index contributed by atoms with van der Waals surface area (Å²) in [5.74, 6) is 1.84. The van der Waals surface area contributed by atoms with E-state index < -0.39 is 22.2 Å². The van der Waals surface area contributed by atoms with E-state index in [4.69, 9.17) is 20.6 Å². The van der Waals surface area contributed by atoms with Gasteiger partial charge in [-0.15, -0.1) is 0 Å². The summed E-state index contributed by atoms with van der Waals surface area (Å²) in [5, 5.41) is 0. The summed E-state index contributed by atoms with van der Waals surface area (Å²) in [5.41, 5.74) is 11.3. The lowest BCUT2D eigenvalue weighted by Crippen LogP contribution is -2.27. The lowest BCUT2D eigenvalue weighted by molar-refractivity contribution is 0.552. The molecule has 110 valence electrons. The van der Waals surface area contributed by atoms with Gasteiger partial charge in [-0.3, -0.25) is 0 Å². The maximum atomic E-state index is 10.5. The summed E-state index contributed by atoms with van der Waals surface area (Å²) in [6, 6.07) is -0.494. The van der Waals surface area contributed by atoms with Crippen LogP contribution in [0, 0.1) is 0 Å². The standard InChI is InChI=1S/C8H20N2O4S4/c9-7(5-17(11)12)1-3-15-16-4-2-8(10)6-18(13)14/h7-8H,1-6,9-10H2,(H,11,12)(H,13,14)/t7-,8-/m1/s1. The number of hydrogen-bond acceptors (Lipinski definition) is 6. The number of hydrogen-bond donors (Lipinski definition) is 4. The molecule has 0 saturated carbocycles. The van der Waals surface area contributed by atoms with Gasteiger partial charge in [0.15, 0.2) is 22.2 Å².